The number of nitrogens with one attached hydrogen (secondary N) is 1. The molecule has 1 saturated heterocycles. The Kier molecular flexibility index (Phi) is 4.74. The fourth-order valence-corrected chi connectivity index (χ4v) is 3.23. The van der Waals surface area contributed by atoms with Crippen LogP contribution in [0.5, 0.6) is 0 Å². The van der Waals surface area contributed by atoms with Crippen LogP contribution < -0.4 is 5.32 Å². The Hall–Kier alpha value is -3.35. The van der Waals surface area contributed by atoms with E-state index in [1.807, 2.05) is 30.3 Å². The molecule has 0 radical (unpaired) electrons. The van der Waals surface area contributed by atoms with Crippen molar-refractivity contribution in [1.82, 2.24) is 19.9 Å². The summed E-state index contributed by atoms with van der Waals surface area (Å²) in [6, 6.07) is 12.9. The first-order valence-corrected chi connectivity index (χ1v) is 8.94. The molecule has 0 unspecified atom stereocenters. The van der Waals surface area contributed by atoms with Gasteiger partial charge in [0.25, 0.3) is 5.91 Å². The number of benzene rings is 1. The van der Waals surface area contributed by atoms with Crippen molar-refractivity contribution in [3.8, 4) is 0 Å². The SMILES string of the molecule is O=C(Nc1ccccn1)C1CCN(C(=O)c2cnc3ccccc3n2)CC1. The third kappa shape index (κ3) is 3.76. The summed E-state index contributed by atoms with van der Waals surface area (Å²) in [7, 11) is 0. The van der Waals surface area contributed by atoms with Gasteiger partial charge in [-0.2, -0.15) is 0 Å². The van der Waals surface area contributed by atoms with Crippen LogP contribution in [0.4, 0.5) is 5.82 Å². The molecule has 1 aliphatic heterocycles. The van der Waals surface area contributed by atoms with Crippen LogP contribution in [0.1, 0.15) is 23.3 Å². The van der Waals surface area contributed by atoms with Crippen molar-refractivity contribution in [2.45, 2.75) is 12.8 Å². The highest BCUT2D eigenvalue weighted by atomic mass is 16.2. The van der Waals surface area contributed by atoms with Crippen molar-refractivity contribution in [2.24, 2.45) is 5.92 Å². The topological polar surface area (TPSA) is 88.1 Å². The number of carbonyl (C=O) groups is 2. The minimum atomic E-state index is -0.142. The van der Waals surface area contributed by atoms with Crippen LogP contribution in [-0.2, 0) is 4.79 Å². The van der Waals surface area contributed by atoms with Crippen molar-refractivity contribution >= 4 is 28.7 Å². The maximum Gasteiger partial charge on any atom is 0.274 e. The Balaban J connectivity index is 1.38. The van der Waals surface area contributed by atoms with Gasteiger partial charge in [0, 0.05) is 25.2 Å². The average molecular weight is 361 g/mol. The predicted molar refractivity (Wildman–Crippen MR) is 101 cm³/mol. The van der Waals surface area contributed by atoms with Crippen molar-refractivity contribution < 1.29 is 9.59 Å². The summed E-state index contributed by atoms with van der Waals surface area (Å²) < 4.78 is 0. The third-order valence-electron chi connectivity index (χ3n) is 4.74. The van der Waals surface area contributed by atoms with Gasteiger partial charge in [-0.3, -0.25) is 14.6 Å². The largest absolute Gasteiger partial charge is 0.337 e. The second-order valence-electron chi connectivity index (χ2n) is 6.51. The first kappa shape index (κ1) is 17.1. The monoisotopic (exact) mass is 361 g/mol. The van der Waals surface area contributed by atoms with Crippen molar-refractivity contribution in [3.05, 3.63) is 60.6 Å². The van der Waals surface area contributed by atoms with Crippen molar-refractivity contribution in [3.63, 3.8) is 0 Å². The lowest BCUT2D eigenvalue weighted by Gasteiger charge is -2.31. The fraction of sp³-hybridized carbons (Fsp3) is 0.250. The highest BCUT2D eigenvalue weighted by Gasteiger charge is 2.28. The van der Waals surface area contributed by atoms with Crippen molar-refractivity contribution in [2.75, 3.05) is 18.4 Å². The summed E-state index contributed by atoms with van der Waals surface area (Å²) in [5, 5.41) is 2.83. The number of pyridine rings is 1. The molecule has 3 heterocycles. The smallest absolute Gasteiger partial charge is 0.274 e. The summed E-state index contributed by atoms with van der Waals surface area (Å²) in [6.45, 7) is 1.04. The molecule has 0 bridgehead atoms. The van der Waals surface area contributed by atoms with Crippen LogP contribution in [0.3, 0.4) is 0 Å². The van der Waals surface area contributed by atoms with E-state index in [0.29, 0.717) is 43.0 Å². The molecule has 1 aliphatic rings. The highest BCUT2D eigenvalue weighted by Crippen LogP contribution is 2.20. The van der Waals surface area contributed by atoms with E-state index < -0.39 is 0 Å². The van der Waals surface area contributed by atoms with Gasteiger partial charge in [0.1, 0.15) is 11.5 Å². The molecule has 4 rings (SSSR count). The van der Waals surface area contributed by atoms with Gasteiger partial charge in [-0.15, -0.1) is 0 Å². The minimum absolute atomic E-state index is 0.0497. The molecule has 2 amide bonds. The molecule has 1 aromatic carbocycles. The Labute approximate surface area is 156 Å². The van der Waals surface area contributed by atoms with E-state index in [1.54, 1.807) is 23.2 Å². The molecule has 0 saturated carbocycles. The minimum Gasteiger partial charge on any atom is -0.337 e. The standard InChI is InChI=1S/C20H19N5O2/c26-19(24-18-7-3-4-10-21-18)14-8-11-25(12-9-14)20(27)17-13-22-15-5-1-2-6-16(15)23-17/h1-7,10,13-14H,8-9,11-12H2,(H,21,24,26). The van der Waals surface area contributed by atoms with E-state index >= 15 is 0 Å². The number of nitrogens with zero attached hydrogens (tertiary/aromatic N) is 4. The van der Waals surface area contributed by atoms with E-state index in [2.05, 4.69) is 20.3 Å². The molecular weight excluding hydrogens is 342 g/mol. The number of piperidine rings is 1. The zero-order valence-electron chi connectivity index (χ0n) is 14.7. The Morgan fingerprint density at radius 1 is 0.963 bits per heavy atom. The molecule has 0 atom stereocenters. The van der Waals surface area contributed by atoms with E-state index in [1.165, 1.54) is 6.20 Å². The number of rotatable bonds is 3. The molecule has 7 heteroatoms. The summed E-state index contributed by atoms with van der Waals surface area (Å²) >= 11 is 0. The maximum absolute atomic E-state index is 12.7. The number of amides is 2. The Morgan fingerprint density at radius 3 is 2.44 bits per heavy atom. The molecule has 1 N–H and O–H groups in total. The quantitative estimate of drug-likeness (QED) is 0.774. The molecule has 27 heavy (non-hydrogen) atoms. The predicted octanol–water partition coefficient (Wildman–Crippen LogP) is 2.52. The van der Waals surface area contributed by atoms with Gasteiger partial charge < -0.3 is 10.2 Å². The molecule has 7 nitrogen and oxygen atoms in total. The van der Waals surface area contributed by atoms with Crippen LogP contribution in [0.25, 0.3) is 11.0 Å². The highest BCUT2D eigenvalue weighted by molar-refractivity contribution is 5.94. The number of fused-ring (bicyclic) bond motifs is 1. The third-order valence-corrected chi connectivity index (χ3v) is 4.74. The molecule has 0 spiro atoms. The normalized spacial score (nSPS) is 14.9. The van der Waals surface area contributed by atoms with Crippen LogP contribution >= 0.6 is 0 Å². The van der Waals surface area contributed by atoms with E-state index in [9.17, 15) is 9.59 Å². The zero-order valence-corrected chi connectivity index (χ0v) is 14.7. The summed E-state index contributed by atoms with van der Waals surface area (Å²) in [6.07, 6.45) is 4.39. The molecular formula is C20H19N5O2. The Bertz CT molecular complexity index is 968. The molecule has 3 aromatic rings. The zero-order chi connectivity index (χ0) is 18.6. The van der Waals surface area contributed by atoms with Crippen LogP contribution in [0.2, 0.25) is 0 Å². The first-order valence-electron chi connectivity index (χ1n) is 8.94. The number of para-hydroxylation sites is 2. The maximum atomic E-state index is 12.7. The fourth-order valence-electron chi connectivity index (χ4n) is 3.23. The summed E-state index contributed by atoms with van der Waals surface area (Å²) in [5.41, 5.74) is 1.80. The van der Waals surface area contributed by atoms with Gasteiger partial charge in [-0.1, -0.05) is 18.2 Å². The molecule has 0 aliphatic carbocycles. The van der Waals surface area contributed by atoms with Crippen LogP contribution in [0.15, 0.2) is 54.9 Å². The lowest BCUT2D eigenvalue weighted by molar-refractivity contribution is -0.121. The number of aromatic nitrogens is 3. The van der Waals surface area contributed by atoms with Gasteiger partial charge in [-0.05, 0) is 37.1 Å². The number of likely N-dealkylation sites (tertiary alicyclic amines) is 1. The van der Waals surface area contributed by atoms with Gasteiger partial charge in [0.05, 0.1) is 17.2 Å². The molecule has 2 aromatic heterocycles. The first-order chi connectivity index (χ1) is 13.2. The number of carbonyl (C=O) groups excluding carboxylic acids is 2. The number of hydrogen-bond donors (Lipinski definition) is 1. The van der Waals surface area contributed by atoms with E-state index in [0.717, 1.165) is 5.52 Å². The number of hydrogen-bond acceptors (Lipinski definition) is 5. The van der Waals surface area contributed by atoms with E-state index in [-0.39, 0.29) is 17.7 Å². The number of anilines is 1. The summed E-state index contributed by atoms with van der Waals surface area (Å²) in [4.78, 5) is 39.7. The molecule has 136 valence electrons. The summed E-state index contributed by atoms with van der Waals surface area (Å²) in [5.74, 6) is 0.231. The van der Waals surface area contributed by atoms with Gasteiger partial charge in [0.2, 0.25) is 5.91 Å². The second kappa shape index (κ2) is 7.49. The van der Waals surface area contributed by atoms with Gasteiger partial charge >= 0.3 is 0 Å². The van der Waals surface area contributed by atoms with Crippen LogP contribution in [0, 0.1) is 5.92 Å². The lowest BCUT2D eigenvalue weighted by Crippen LogP contribution is -2.41. The Morgan fingerprint density at radius 2 is 1.70 bits per heavy atom. The van der Waals surface area contributed by atoms with Gasteiger partial charge in [-0.25, -0.2) is 9.97 Å². The van der Waals surface area contributed by atoms with Crippen molar-refractivity contribution in [1.29, 1.82) is 0 Å². The van der Waals surface area contributed by atoms with E-state index in [4.69, 9.17) is 0 Å². The molecule has 1 fully saturated rings. The van der Waals surface area contributed by atoms with Gasteiger partial charge in [0.15, 0.2) is 0 Å². The average Bonchev–Trinajstić information content (AvgIpc) is 2.73. The lowest BCUT2D eigenvalue weighted by atomic mass is 9.95. The second-order valence-corrected chi connectivity index (χ2v) is 6.51. The van der Waals surface area contributed by atoms with Crippen LogP contribution in [-0.4, -0.2) is 44.8 Å².